The Morgan fingerprint density at radius 3 is 2.79 bits per heavy atom. The molecule has 0 bridgehead atoms. The molecule has 0 saturated carbocycles. The summed E-state index contributed by atoms with van der Waals surface area (Å²) < 4.78 is 0. The SMILES string of the molecule is CCC1CCN(c2ncc3c(n2)CCN(C)C3)CC1. The van der Waals surface area contributed by atoms with Gasteiger partial charge in [-0.25, -0.2) is 9.97 Å². The molecule has 4 heteroatoms. The van der Waals surface area contributed by atoms with Gasteiger partial charge in [0.1, 0.15) is 0 Å². The van der Waals surface area contributed by atoms with E-state index in [1.807, 2.05) is 6.20 Å². The van der Waals surface area contributed by atoms with E-state index in [1.165, 1.54) is 30.5 Å². The molecule has 0 amide bonds. The monoisotopic (exact) mass is 260 g/mol. The second kappa shape index (κ2) is 5.45. The molecule has 1 saturated heterocycles. The molecule has 19 heavy (non-hydrogen) atoms. The summed E-state index contributed by atoms with van der Waals surface area (Å²) in [5.74, 6) is 1.86. The Hall–Kier alpha value is -1.16. The number of anilines is 1. The first-order chi connectivity index (χ1) is 9.26. The molecule has 104 valence electrons. The molecular weight excluding hydrogens is 236 g/mol. The summed E-state index contributed by atoms with van der Waals surface area (Å²) >= 11 is 0. The number of nitrogens with zero attached hydrogens (tertiary/aromatic N) is 4. The van der Waals surface area contributed by atoms with Crippen LogP contribution in [0.15, 0.2) is 6.20 Å². The summed E-state index contributed by atoms with van der Waals surface area (Å²) in [5.41, 5.74) is 2.57. The van der Waals surface area contributed by atoms with Gasteiger partial charge in [0.15, 0.2) is 0 Å². The Bertz CT molecular complexity index is 438. The van der Waals surface area contributed by atoms with Crippen LogP contribution in [0.3, 0.4) is 0 Å². The molecule has 3 heterocycles. The summed E-state index contributed by atoms with van der Waals surface area (Å²) in [4.78, 5) is 14.1. The van der Waals surface area contributed by atoms with Gasteiger partial charge in [-0.05, 0) is 25.8 Å². The van der Waals surface area contributed by atoms with Crippen molar-refractivity contribution in [2.45, 2.75) is 39.2 Å². The summed E-state index contributed by atoms with van der Waals surface area (Å²) in [6.07, 6.45) is 7.00. The van der Waals surface area contributed by atoms with Crippen LogP contribution in [0.1, 0.15) is 37.4 Å². The van der Waals surface area contributed by atoms with Gasteiger partial charge in [0.2, 0.25) is 5.95 Å². The molecule has 0 unspecified atom stereocenters. The maximum atomic E-state index is 4.81. The van der Waals surface area contributed by atoms with Gasteiger partial charge >= 0.3 is 0 Å². The summed E-state index contributed by atoms with van der Waals surface area (Å²) in [6.45, 7) is 6.65. The Morgan fingerprint density at radius 1 is 1.26 bits per heavy atom. The van der Waals surface area contributed by atoms with E-state index < -0.39 is 0 Å². The van der Waals surface area contributed by atoms with E-state index in [2.05, 4.69) is 28.8 Å². The summed E-state index contributed by atoms with van der Waals surface area (Å²) in [6, 6.07) is 0. The van der Waals surface area contributed by atoms with Crippen LogP contribution in [0.2, 0.25) is 0 Å². The van der Waals surface area contributed by atoms with Crippen molar-refractivity contribution in [3.8, 4) is 0 Å². The van der Waals surface area contributed by atoms with Gasteiger partial charge in [-0.2, -0.15) is 0 Å². The van der Waals surface area contributed by atoms with Gasteiger partial charge in [-0.3, -0.25) is 0 Å². The number of fused-ring (bicyclic) bond motifs is 1. The van der Waals surface area contributed by atoms with Crippen LogP contribution in [-0.2, 0) is 13.0 Å². The molecule has 1 aromatic rings. The van der Waals surface area contributed by atoms with Gasteiger partial charge in [-0.1, -0.05) is 13.3 Å². The Kier molecular flexibility index (Phi) is 3.69. The van der Waals surface area contributed by atoms with Crippen molar-refractivity contribution in [1.82, 2.24) is 14.9 Å². The first-order valence-electron chi connectivity index (χ1n) is 7.54. The van der Waals surface area contributed by atoms with Crippen LogP contribution in [0.25, 0.3) is 0 Å². The molecule has 4 nitrogen and oxygen atoms in total. The van der Waals surface area contributed by atoms with Crippen LogP contribution in [-0.4, -0.2) is 41.5 Å². The third-order valence-corrected chi connectivity index (χ3v) is 4.59. The fraction of sp³-hybridized carbons (Fsp3) is 0.733. The normalized spacial score (nSPS) is 21.5. The van der Waals surface area contributed by atoms with Gasteiger partial charge in [0, 0.05) is 44.4 Å². The molecule has 1 aromatic heterocycles. The van der Waals surface area contributed by atoms with E-state index in [0.29, 0.717) is 0 Å². The summed E-state index contributed by atoms with van der Waals surface area (Å²) in [7, 11) is 2.16. The molecule has 0 N–H and O–H groups in total. The number of aromatic nitrogens is 2. The smallest absolute Gasteiger partial charge is 0.225 e. The third kappa shape index (κ3) is 2.73. The van der Waals surface area contributed by atoms with E-state index >= 15 is 0 Å². The van der Waals surface area contributed by atoms with Crippen LogP contribution in [0, 0.1) is 5.92 Å². The van der Waals surface area contributed by atoms with E-state index in [4.69, 9.17) is 4.98 Å². The highest BCUT2D eigenvalue weighted by molar-refractivity contribution is 5.34. The maximum absolute atomic E-state index is 4.81. The predicted molar refractivity (Wildman–Crippen MR) is 77.3 cm³/mol. The number of piperidine rings is 1. The Balaban J connectivity index is 1.72. The second-order valence-electron chi connectivity index (χ2n) is 5.97. The van der Waals surface area contributed by atoms with Crippen LogP contribution >= 0.6 is 0 Å². The predicted octanol–water partition coefficient (Wildman–Crippen LogP) is 2.09. The van der Waals surface area contributed by atoms with Crippen LogP contribution in [0.4, 0.5) is 5.95 Å². The first kappa shape index (κ1) is 12.9. The summed E-state index contributed by atoms with van der Waals surface area (Å²) in [5, 5.41) is 0. The van der Waals surface area contributed by atoms with E-state index in [-0.39, 0.29) is 0 Å². The maximum Gasteiger partial charge on any atom is 0.225 e. The zero-order valence-corrected chi connectivity index (χ0v) is 12.1. The van der Waals surface area contributed by atoms with Crippen molar-refractivity contribution < 1.29 is 0 Å². The van der Waals surface area contributed by atoms with Crippen molar-refractivity contribution in [2.75, 3.05) is 31.6 Å². The van der Waals surface area contributed by atoms with Gasteiger partial charge in [-0.15, -0.1) is 0 Å². The minimum absolute atomic E-state index is 0.905. The molecule has 0 radical (unpaired) electrons. The standard InChI is InChI=1S/C15H24N4/c1-3-12-4-8-19(9-5-12)15-16-10-13-11-18(2)7-6-14(13)17-15/h10,12H,3-9,11H2,1-2H3. The van der Waals surface area contributed by atoms with E-state index in [0.717, 1.165) is 44.5 Å². The Labute approximate surface area is 115 Å². The number of hydrogen-bond donors (Lipinski definition) is 0. The third-order valence-electron chi connectivity index (χ3n) is 4.59. The molecule has 1 fully saturated rings. The number of likely N-dealkylation sites (N-methyl/N-ethyl adjacent to an activating group) is 1. The molecule has 2 aliphatic heterocycles. The highest BCUT2D eigenvalue weighted by Crippen LogP contribution is 2.24. The second-order valence-corrected chi connectivity index (χ2v) is 5.97. The average Bonchev–Trinajstić information content (AvgIpc) is 2.47. The lowest BCUT2D eigenvalue weighted by atomic mass is 9.95. The zero-order chi connectivity index (χ0) is 13.2. The molecule has 2 aliphatic rings. The van der Waals surface area contributed by atoms with Gasteiger partial charge < -0.3 is 9.80 Å². The fourth-order valence-corrected chi connectivity index (χ4v) is 3.14. The first-order valence-corrected chi connectivity index (χ1v) is 7.54. The van der Waals surface area contributed by atoms with Crippen LogP contribution in [0.5, 0.6) is 0 Å². The quantitative estimate of drug-likeness (QED) is 0.815. The molecule has 0 aliphatic carbocycles. The minimum atomic E-state index is 0.905. The number of hydrogen-bond acceptors (Lipinski definition) is 4. The largest absolute Gasteiger partial charge is 0.341 e. The molecular formula is C15H24N4. The van der Waals surface area contributed by atoms with Gasteiger partial charge in [0.25, 0.3) is 0 Å². The van der Waals surface area contributed by atoms with E-state index in [9.17, 15) is 0 Å². The Morgan fingerprint density at radius 2 is 2.05 bits per heavy atom. The molecule has 0 atom stereocenters. The molecule has 0 spiro atoms. The van der Waals surface area contributed by atoms with E-state index in [1.54, 1.807) is 0 Å². The van der Waals surface area contributed by atoms with Crippen LogP contribution < -0.4 is 4.90 Å². The van der Waals surface area contributed by atoms with Crippen molar-refractivity contribution in [1.29, 1.82) is 0 Å². The average molecular weight is 260 g/mol. The number of rotatable bonds is 2. The van der Waals surface area contributed by atoms with Crippen molar-refractivity contribution in [3.05, 3.63) is 17.5 Å². The lowest BCUT2D eigenvalue weighted by Gasteiger charge is -2.32. The fourth-order valence-electron chi connectivity index (χ4n) is 3.14. The topological polar surface area (TPSA) is 32.3 Å². The lowest BCUT2D eigenvalue weighted by molar-refractivity contribution is 0.309. The molecule has 3 rings (SSSR count). The van der Waals surface area contributed by atoms with Gasteiger partial charge in [0.05, 0.1) is 5.69 Å². The van der Waals surface area contributed by atoms with Crippen molar-refractivity contribution >= 4 is 5.95 Å². The lowest BCUT2D eigenvalue weighted by Crippen LogP contribution is -2.35. The zero-order valence-electron chi connectivity index (χ0n) is 12.1. The highest BCUT2D eigenvalue weighted by atomic mass is 15.3. The highest BCUT2D eigenvalue weighted by Gasteiger charge is 2.22. The van der Waals surface area contributed by atoms with Crippen molar-refractivity contribution in [3.63, 3.8) is 0 Å². The molecule has 0 aromatic carbocycles. The van der Waals surface area contributed by atoms with Crippen molar-refractivity contribution in [2.24, 2.45) is 5.92 Å². The minimum Gasteiger partial charge on any atom is -0.341 e.